The van der Waals surface area contributed by atoms with Crippen molar-refractivity contribution in [2.24, 2.45) is 13.0 Å². The molecule has 4 nitrogen and oxygen atoms in total. The first-order valence-electron chi connectivity index (χ1n) is 7.00. The normalized spacial score (nSPS) is 10.8. The molecule has 0 saturated carbocycles. The van der Waals surface area contributed by atoms with E-state index in [9.17, 15) is 0 Å². The summed E-state index contributed by atoms with van der Waals surface area (Å²) in [6.07, 6.45) is 2.00. The summed E-state index contributed by atoms with van der Waals surface area (Å²) >= 11 is 0. The quantitative estimate of drug-likeness (QED) is 0.877. The van der Waals surface area contributed by atoms with Crippen LogP contribution in [-0.4, -0.2) is 16.4 Å². The standard InChI is InChI=1S/C16H23N3O/c1-12(2)11-20-15-7-5-14(6-8-15)9-17-16-10-19(4)18-13(16)3/h5-8,10,12,17H,9,11H2,1-4H3. The summed E-state index contributed by atoms with van der Waals surface area (Å²) in [6.45, 7) is 7.84. The minimum Gasteiger partial charge on any atom is -0.493 e. The van der Waals surface area contributed by atoms with Crippen LogP contribution in [0.2, 0.25) is 0 Å². The Bertz CT molecular complexity index is 543. The molecule has 4 heteroatoms. The van der Waals surface area contributed by atoms with Crippen molar-refractivity contribution in [3.8, 4) is 5.75 Å². The molecule has 2 aromatic rings. The van der Waals surface area contributed by atoms with Crippen LogP contribution < -0.4 is 10.1 Å². The third-order valence-electron chi connectivity index (χ3n) is 3.00. The van der Waals surface area contributed by atoms with Gasteiger partial charge in [-0.05, 0) is 30.5 Å². The molecule has 0 fully saturated rings. The van der Waals surface area contributed by atoms with E-state index in [0.717, 1.165) is 30.3 Å². The lowest BCUT2D eigenvalue weighted by Crippen LogP contribution is -2.04. The van der Waals surface area contributed by atoms with Crippen LogP contribution in [-0.2, 0) is 13.6 Å². The van der Waals surface area contributed by atoms with E-state index in [2.05, 4.69) is 36.4 Å². The van der Waals surface area contributed by atoms with Crippen molar-refractivity contribution < 1.29 is 4.74 Å². The fourth-order valence-corrected chi connectivity index (χ4v) is 1.94. The molecule has 108 valence electrons. The summed E-state index contributed by atoms with van der Waals surface area (Å²) in [7, 11) is 1.93. The Kier molecular flexibility index (Phi) is 4.66. The minimum atomic E-state index is 0.546. The first kappa shape index (κ1) is 14.4. The molecule has 1 aromatic heterocycles. The van der Waals surface area contributed by atoms with Gasteiger partial charge < -0.3 is 10.1 Å². The zero-order valence-corrected chi connectivity index (χ0v) is 12.7. The van der Waals surface area contributed by atoms with Gasteiger partial charge in [-0.3, -0.25) is 4.68 Å². The molecule has 0 aliphatic rings. The highest BCUT2D eigenvalue weighted by atomic mass is 16.5. The number of ether oxygens (including phenoxy) is 1. The molecule has 1 N–H and O–H groups in total. The van der Waals surface area contributed by atoms with Gasteiger partial charge in [0.05, 0.1) is 18.0 Å². The van der Waals surface area contributed by atoms with Crippen molar-refractivity contribution in [1.82, 2.24) is 9.78 Å². The fraction of sp³-hybridized carbons (Fsp3) is 0.438. The number of hydrogen-bond donors (Lipinski definition) is 1. The maximum absolute atomic E-state index is 5.67. The van der Waals surface area contributed by atoms with Crippen LogP contribution in [0.4, 0.5) is 5.69 Å². The highest BCUT2D eigenvalue weighted by molar-refractivity contribution is 5.46. The van der Waals surface area contributed by atoms with Crippen molar-refractivity contribution in [2.45, 2.75) is 27.3 Å². The van der Waals surface area contributed by atoms with Crippen molar-refractivity contribution in [2.75, 3.05) is 11.9 Å². The van der Waals surface area contributed by atoms with Gasteiger partial charge in [0.1, 0.15) is 5.75 Å². The smallest absolute Gasteiger partial charge is 0.119 e. The van der Waals surface area contributed by atoms with Crippen molar-refractivity contribution >= 4 is 5.69 Å². The Morgan fingerprint density at radius 2 is 1.95 bits per heavy atom. The summed E-state index contributed by atoms with van der Waals surface area (Å²) in [5.74, 6) is 1.48. The lowest BCUT2D eigenvalue weighted by atomic mass is 10.2. The van der Waals surface area contributed by atoms with E-state index in [0.29, 0.717) is 5.92 Å². The molecule has 0 atom stereocenters. The molecule has 2 rings (SSSR count). The second-order valence-corrected chi connectivity index (χ2v) is 5.50. The number of aromatic nitrogens is 2. The van der Waals surface area contributed by atoms with Gasteiger partial charge in [0.15, 0.2) is 0 Å². The zero-order chi connectivity index (χ0) is 14.5. The molecule has 0 radical (unpaired) electrons. The molecule has 1 heterocycles. The van der Waals surface area contributed by atoms with E-state index < -0.39 is 0 Å². The number of hydrogen-bond acceptors (Lipinski definition) is 3. The Labute approximate surface area is 120 Å². The molecule has 0 spiro atoms. The average Bonchev–Trinajstić information content (AvgIpc) is 2.73. The predicted octanol–water partition coefficient (Wildman–Crippen LogP) is 3.38. The number of rotatable bonds is 6. The molecule has 0 bridgehead atoms. The van der Waals surface area contributed by atoms with E-state index >= 15 is 0 Å². The number of benzene rings is 1. The number of anilines is 1. The average molecular weight is 273 g/mol. The molecule has 0 aliphatic heterocycles. The zero-order valence-electron chi connectivity index (χ0n) is 12.7. The third-order valence-corrected chi connectivity index (χ3v) is 3.00. The van der Waals surface area contributed by atoms with Crippen molar-refractivity contribution in [1.29, 1.82) is 0 Å². The van der Waals surface area contributed by atoms with Crippen LogP contribution in [0.1, 0.15) is 25.1 Å². The summed E-state index contributed by atoms with van der Waals surface area (Å²) in [4.78, 5) is 0. The van der Waals surface area contributed by atoms with Crippen LogP contribution >= 0.6 is 0 Å². The molecular weight excluding hydrogens is 250 g/mol. The minimum absolute atomic E-state index is 0.546. The number of aryl methyl sites for hydroxylation is 2. The van der Waals surface area contributed by atoms with Gasteiger partial charge in [0.2, 0.25) is 0 Å². The number of nitrogens with zero attached hydrogens (tertiary/aromatic N) is 2. The monoisotopic (exact) mass is 273 g/mol. The molecular formula is C16H23N3O. The van der Waals surface area contributed by atoms with Gasteiger partial charge in [-0.2, -0.15) is 5.10 Å². The highest BCUT2D eigenvalue weighted by Gasteiger charge is 2.02. The highest BCUT2D eigenvalue weighted by Crippen LogP contribution is 2.16. The third kappa shape index (κ3) is 4.02. The maximum Gasteiger partial charge on any atom is 0.119 e. The molecule has 0 aliphatic carbocycles. The molecule has 20 heavy (non-hydrogen) atoms. The molecule has 0 saturated heterocycles. The summed E-state index contributed by atoms with van der Waals surface area (Å²) in [6, 6.07) is 8.23. The van der Waals surface area contributed by atoms with Gasteiger partial charge in [-0.15, -0.1) is 0 Å². The van der Waals surface area contributed by atoms with Crippen LogP contribution in [0.15, 0.2) is 30.5 Å². The first-order valence-corrected chi connectivity index (χ1v) is 7.00. The molecule has 0 amide bonds. The second kappa shape index (κ2) is 6.46. The van der Waals surface area contributed by atoms with Crippen molar-refractivity contribution in [3.05, 3.63) is 41.7 Å². The van der Waals surface area contributed by atoms with Gasteiger partial charge in [-0.1, -0.05) is 26.0 Å². The van der Waals surface area contributed by atoms with Gasteiger partial charge >= 0.3 is 0 Å². The lowest BCUT2D eigenvalue weighted by molar-refractivity contribution is 0.271. The number of nitrogens with one attached hydrogen (secondary N) is 1. The fourth-order valence-electron chi connectivity index (χ4n) is 1.94. The Balaban J connectivity index is 1.89. The van der Waals surface area contributed by atoms with E-state index in [1.807, 2.05) is 37.0 Å². The van der Waals surface area contributed by atoms with Gasteiger partial charge in [-0.25, -0.2) is 0 Å². The first-order chi connectivity index (χ1) is 9.54. The van der Waals surface area contributed by atoms with Crippen LogP contribution in [0.5, 0.6) is 5.75 Å². The lowest BCUT2D eigenvalue weighted by Gasteiger charge is -2.10. The van der Waals surface area contributed by atoms with Crippen LogP contribution in [0.3, 0.4) is 0 Å². The van der Waals surface area contributed by atoms with Gasteiger partial charge in [0.25, 0.3) is 0 Å². The van der Waals surface area contributed by atoms with E-state index in [-0.39, 0.29) is 0 Å². The van der Waals surface area contributed by atoms with Crippen LogP contribution in [0, 0.1) is 12.8 Å². The summed E-state index contributed by atoms with van der Waals surface area (Å²) in [5, 5.41) is 7.71. The van der Waals surface area contributed by atoms with Gasteiger partial charge in [0, 0.05) is 19.8 Å². The second-order valence-electron chi connectivity index (χ2n) is 5.50. The molecule has 1 aromatic carbocycles. The summed E-state index contributed by atoms with van der Waals surface area (Å²) in [5.41, 5.74) is 3.32. The van der Waals surface area contributed by atoms with Crippen LogP contribution in [0.25, 0.3) is 0 Å². The topological polar surface area (TPSA) is 39.1 Å². The van der Waals surface area contributed by atoms with E-state index in [4.69, 9.17) is 4.74 Å². The molecule has 0 unspecified atom stereocenters. The Hall–Kier alpha value is -1.97. The maximum atomic E-state index is 5.67. The largest absolute Gasteiger partial charge is 0.493 e. The van der Waals surface area contributed by atoms with E-state index in [1.54, 1.807) is 0 Å². The van der Waals surface area contributed by atoms with Crippen molar-refractivity contribution in [3.63, 3.8) is 0 Å². The Morgan fingerprint density at radius 3 is 2.50 bits per heavy atom. The summed E-state index contributed by atoms with van der Waals surface area (Å²) < 4.78 is 7.49. The Morgan fingerprint density at radius 1 is 1.25 bits per heavy atom. The predicted molar refractivity (Wildman–Crippen MR) is 82.0 cm³/mol. The van der Waals surface area contributed by atoms with E-state index in [1.165, 1.54) is 5.56 Å². The SMILES string of the molecule is Cc1nn(C)cc1NCc1ccc(OCC(C)C)cc1.